The quantitative estimate of drug-likeness (QED) is 0.513. The molecule has 0 aromatic heterocycles. The van der Waals surface area contributed by atoms with Crippen molar-refractivity contribution >= 4 is 23.4 Å². The lowest BCUT2D eigenvalue weighted by Gasteiger charge is -2.01. The summed E-state index contributed by atoms with van der Waals surface area (Å²) in [5, 5.41) is 22.4. The van der Waals surface area contributed by atoms with Crippen LogP contribution in [0.2, 0.25) is 0 Å². The number of phenolic OH excluding ortho intramolecular Hbond substituents is 1. The number of phenols is 1. The number of nitro groups is 1. The maximum atomic E-state index is 11.7. The Labute approximate surface area is 120 Å². The first-order valence-corrected chi connectivity index (χ1v) is 6.07. The number of nitrogens with one attached hydrogen (secondary N) is 1. The largest absolute Gasteiger partial charge is 0.508 e. The molecule has 0 radical (unpaired) electrons. The Balaban J connectivity index is 1.99. The number of hydrogen-bond donors (Lipinski definition) is 2. The number of nitro benzene ring substituents is 1. The van der Waals surface area contributed by atoms with Gasteiger partial charge in [0.15, 0.2) is 0 Å². The average molecular weight is 284 g/mol. The van der Waals surface area contributed by atoms with Crippen LogP contribution in [0.5, 0.6) is 5.75 Å². The molecule has 0 aliphatic heterocycles. The number of anilines is 1. The lowest BCUT2D eigenvalue weighted by Crippen LogP contribution is -2.07. The molecule has 0 aliphatic carbocycles. The van der Waals surface area contributed by atoms with E-state index in [9.17, 15) is 20.0 Å². The predicted octanol–water partition coefficient (Wildman–Crippen LogP) is 2.95. The van der Waals surface area contributed by atoms with E-state index in [1.54, 1.807) is 18.2 Å². The van der Waals surface area contributed by atoms with Crippen molar-refractivity contribution in [3.05, 3.63) is 70.3 Å². The first-order valence-electron chi connectivity index (χ1n) is 6.07. The van der Waals surface area contributed by atoms with E-state index in [0.717, 1.165) is 0 Å². The Kier molecular flexibility index (Phi) is 4.30. The van der Waals surface area contributed by atoms with Crippen LogP contribution in [0.4, 0.5) is 11.4 Å². The molecule has 2 N–H and O–H groups in total. The van der Waals surface area contributed by atoms with Crippen molar-refractivity contribution in [2.75, 3.05) is 5.32 Å². The van der Waals surface area contributed by atoms with Crippen LogP contribution in [0, 0.1) is 10.1 Å². The Morgan fingerprint density at radius 3 is 2.52 bits per heavy atom. The van der Waals surface area contributed by atoms with Gasteiger partial charge >= 0.3 is 0 Å². The number of hydrogen-bond acceptors (Lipinski definition) is 4. The standard InChI is InChI=1S/C15H12N2O4/c18-14-3-1-2-11(10-14)4-9-15(19)16-12-5-7-13(8-6-12)17(20)21/h1-10,18H,(H,16,19)/b9-4+. The van der Waals surface area contributed by atoms with E-state index in [1.807, 2.05) is 0 Å². The highest BCUT2D eigenvalue weighted by Crippen LogP contribution is 2.16. The van der Waals surface area contributed by atoms with Gasteiger partial charge in [0.05, 0.1) is 4.92 Å². The molecule has 0 heterocycles. The van der Waals surface area contributed by atoms with Crippen LogP contribution in [0.1, 0.15) is 5.56 Å². The minimum atomic E-state index is -0.507. The fraction of sp³-hybridized carbons (Fsp3) is 0. The van der Waals surface area contributed by atoms with E-state index in [2.05, 4.69) is 5.32 Å². The number of aromatic hydroxyl groups is 1. The Morgan fingerprint density at radius 2 is 1.90 bits per heavy atom. The zero-order chi connectivity index (χ0) is 15.2. The van der Waals surface area contributed by atoms with Gasteiger partial charge in [0, 0.05) is 23.9 Å². The number of non-ortho nitro benzene ring substituents is 1. The van der Waals surface area contributed by atoms with E-state index in [-0.39, 0.29) is 17.3 Å². The molecular formula is C15H12N2O4. The molecule has 0 saturated heterocycles. The molecule has 1 amide bonds. The molecule has 2 rings (SSSR count). The molecule has 0 aliphatic rings. The molecule has 2 aromatic rings. The number of amides is 1. The number of carbonyl (C=O) groups is 1. The highest BCUT2D eigenvalue weighted by Gasteiger charge is 2.04. The lowest BCUT2D eigenvalue weighted by molar-refractivity contribution is -0.384. The normalized spacial score (nSPS) is 10.5. The summed E-state index contributed by atoms with van der Waals surface area (Å²) < 4.78 is 0. The summed E-state index contributed by atoms with van der Waals surface area (Å²) >= 11 is 0. The zero-order valence-corrected chi connectivity index (χ0v) is 10.9. The second kappa shape index (κ2) is 6.33. The molecule has 106 valence electrons. The molecule has 0 atom stereocenters. The van der Waals surface area contributed by atoms with Crippen LogP contribution in [0.3, 0.4) is 0 Å². The van der Waals surface area contributed by atoms with Gasteiger partial charge in [-0.3, -0.25) is 14.9 Å². The molecule has 2 aromatic carbocycles. The van der Waals surface area contributed by atoms with Gasteiger partial charge in [0.2, 0.25) is 5.91 Å². The predicted molar refractivity (Wildman–Crippen MR) is 78.9 cm³/mol. The molecule has 0 spiro atoms. The highest BCUT2D eigenvalue weighted by atomic mass is 16.6. The van der Waals surface area contributed by atoms with Crippen LogP contribution >= 0.6 is 0 Å². The Bertz CT molecular complexity index is 693. The van der Waals surface area contributed by atoms with E-state index in [0.29, 0.717) is 11.3 Å². The first-order chi connectivity index (χ1) is 10.0. The summed E-state index contributed by atoms with van der Waals surface area (Å²) in [5.41, 5.74) is 1.11. The van der Waals surface area contributed by atoms with Crippen molar-refractivity contribution in [2.24, 2.45) is 0 Å². The monoisotopic (exact) mass is 284 g/mol. The van der Waals surface area contributed by atoms with Crippen molar-refractivity contribution in [3.8, 4) is 5.75 Å². The van der Waals surface area contributed by atoms with Crippen molar-refractivity contribution in [1.82, 2.24) is 0 Å². The van der Waals surface area contributed by atoms with Gasteiger partial charge in [-0.2, -0.15) is 0 Å². The van der Waals surface area contributed by atoms with E-state index in [4.69, 9.17) is 0 Å². The van der Waals surface area contributed by atoms with E-state index < -0.39 is 4.92 Å². The highest BCUT2D eigenvalue weighted by molar-refractivity contribution is 6.01. The number of rotatable bonds is 4. The van der Waals surface area contributed by atoms with Gasteiger partial charge < -0.3 is 10.4 Å². The molecule has 0 bridgehead atoms. The summed E-state index contributed by atoms with van der Waals surface area (Å²) in [6, 6.07) is 12.0. The lowest BCUT2D eigenvalue weighted by atomic mass is 10.2. The summed E-state index contributed by atoms with van der Waals surface area (Å²) in [4.78, 5) is 21.7. The Morgan fingerprint density at radius 1 is 1.19 bits per heavy atom. The van der Waals surface area contributed by atoms with Crippen molar-refractivity contribution in [2.45, 2.75) is 0 Å². The smallest absolute Gasteiger partial charge is 0.269 e. The first kappa shape index (κ1) is 14.3. The zero-order valence-electron chi connectivity index (χ0n) is 10.9. The maximum Gasteiger partial charge on any atom is 0.269 e. The molecule has 21 heavy (non-hydrogen) atoms. The third kappa shape index (κ3) is 4.17. The topological polar surface area (TPSA) is 92.5 Å². The van der Waals surface area contributed by atoms with Crippen molar-refractivity contribution in [3.63, 3.8) is 0 Å². The number of benzene rings is 2. The average Bonchev–Trinajstić information content (AvgIpc) is 2.46. The summed E-state index contributed by atoms with van der Waals surface area (Å²) in [5.74, 6) is -0.250. The third-order valence-corrected chi connectivity index (χ3v) is 2.64. The molecule has 0 fully saturated rings. The Hall–Kier alpha value is -3.15. The van der Waals surface area contributed by atoms with Crippen LogP contribution in [-0.2, 0) is 4.79 Å². The maximum absolute atomic E-state index is 11.7. The second-order valence-corrected chi connectivity index (χ2v) is 4.22. The molecule has 0 saturated carbocycles. The molecule has 6 nitrogen and oxygen atoms in total. The summed E-state index contributed by atoms with van der Waals surface area (Å²) in [6.45, 7) is 0. The minimum absolute atomic E-state index is 0.0386. The SMILES string of the molecule is O=C(/C=C/c1cccc(O)c1)Nc1ccc([N+](=O)[O-])cc1. The van der Waals surface area contributed by atoms with Gasteiger partial charge in [-0.15, -0.1) is 0 Å². The van der Waals surface area contributed by atoms with Crippen LogP contribution in [-0.4, -0.2) is 15.9 Å². The molecule has 0 unspecified atom stereocenters. The van der Waals surface area contributed by atoms with E-state index in [1.165, 1.54) is 42.5 Å². The summed E-state index contributed by atoms with van der Waals surface area (Å²) in [6.07, 6.45) is 2.87. The van der Waals surface area contributed by atoms with Crippen LogP contribution in [0.15, 0.2) is 54.6 Å². The third-order valence-electron chi connectivity index (χ3n) is 2.64. The fourth-order valence-corrected chi connectivity index (χ4v) is 1.65. The van der Waals surface area contributed by atoms with Gasteiger partial charge in [0.25, 0.3) is 5.69 Å². The summed E-state index contributed by atoms with van der Waals surface area (Å²) in [7, 11) is 0. The second-order valence-electron chi connectivity index (χ2n) is 4.22. The molecular weight excluding hydrogens is 272 g/mol. The van der Waals surface area contributed by atoms with Crippen molar-refractivity contribution in [1.29, 1.82) is 0 Å². The number of carbonyl (C=O) groups excluding carboxylic acids is 1. The fourth-order valence-electron chi connectivity index (χ4n) is 1.65. The van der Waals surface area contributed by atoms with Gasteiger partial charge in [-0.25, -0.2) is 0 Å². The van der Waals surface area contributed by atoms with Gasteiger partial charge in [0.1, 0.15) is 5.75 Å². The van der Waals surface area contributed by atoms with Crippen LogP contribution in [0.25, 0.3) is 6.08 Å². The molecule has 6 heteroatoms. The van der Waals surface area contributed by atoms with Crippen LogP contribution < -0.4 is 5.32 Å². The van der Waals surface area contributed by atoms with E-state index >= 15 is 0 Å². The van der Waals surface area contributed by atoms with Gasteiger partial charge in [-0.1, -0.05) is 12.1 Å². The number of nitrogens with zero attached hydrogens (tertiary/aromatic N) is 1. The van der Waals surface area contributed by atoms with Crippen molar-refractivity contribution < 1.29 is 14.8 Å². The van der Waals surface area contributed by atoms with Gasteiger partial charge in [-0.05, 0) is 35.9 Å². The minimum Gasteiger partial charge on any atom is -0.508 e.